The Morgan fingerprint density at radius 2 is 2.00 bits per heavy atom. The molecule has 0 aliphatic heterocycles. The van der Waals surface area contributed by atoms with Crippen LogP contribution in [-0.4, -0.2) is 28.2 Å². The number of aryl methyl sites for hydroxylation is 1. The van der Waals surface area contributed by atoms with E-state index in [0.29, 0.717) is 35.2 Å². The van der Waals surface area contributed by atoms with Crippen molar-refractivity contribution in [3.8, 4) is 17.0 Å². The summed E-state index contributed by atoms with van der Waals surface area (Å²) in [6, 6.07) is 9.41. The lowest BCUT2D eigenvalue weighted by Gasteiger charge is -2.27. The zero-order chi connectivity index (χ0) is 22.7. The van der Waals surface area contributed by atoms with E-state index in [9.17, 15) is 18.0 Å². The molecular weight excluding hydrogens is 439 g/mol. The van der Waals surface area contributed by atoms with Crippen molar-refractivity contribution >= 4 is 17.4 Å². The SMILES string of the molecule is Cc1cc(C(=O)NCC2CCC(c3ccsn3)CC2)c(-c2cccc(OC(F)(F)F)c2)[nH]1. The molecule has 4 rings (SSSR count). The molecule has 1 aliphatic carbocycles. The number of halogens is 3. The first-order valence-electron chi connectivity index (χ1n) is 10.5. The van der Waals surface area contributed by atoms with Gasteiger partial charge < -0.3 is 15.0 Å². The average Bonchev–Trinajstić information content (AvgIpc) is 3.41. The van der Waals surface area contributed by atoms with Gasteiger partial charge in [-0.2, -0.15) is 4.37 Å². The lowest BCUT2D eigenvalue weighted by Crippen LogP contribution is -2.31. The first-order chi connectivity index (χ1) is 15.3. The van der Waals surface area contributed by atoms with E-state index < -0.39 is 6.36 Å². The van der Waals surface area contributed by atoms with Crippen molar-refractivity contribution in [3.63, 3.8) is 0 Å². The molecule has 1 amide bonds. The summed E-state index contributed by atoms with van der Waals surface area (Å²) in [5.74, 6) is 0.331. The Morgan fingerprint density at radius 3 is 2.69 bits per heavy atom. The number of aromatic nitrogens is 2. The molecule has 0 saturated heterocycles. The standard InChI is InChI=1S/C23H24F3N3O2S/c1-14-11-19(21(28-14)17-3-2-4-18(12-17)31-23(24,25)26)22(30)27-13-15-5-7-16(8-6-15)20-9-10-32-29-20/h2-4,9-12,15-16,28H,5-8,13H2,1H3,(H,27,30). The van der Waals surface area contributed by atoms with E-state index in [-0.39, 0.29) is 11.7 Å². The van der Waals surface area contributed by atoms with E-state index in [1.807, 2.05) is 5.38 Å². The molecule has 1 aliphatic rings. The second-order valence-electron chi connectivity index (χ2n) is 8.17. The zero-order valence-corrected chi connectivity index (χ0v) is 18.4. The van der Waals surface area contributed by atoms with Gasteiger partial charge in [-0.05, 0) is 74.3 Å². The van der Waals surface area contributed by atoms with Crippen LogP contribution >= 0.6 is 11.5 Å². The number of ether oxygens (including phenoxy) is 1. The Hall–Kier alpha value is -2.81. The maximum absolute atomic E-state index is 12.9. The summed E-state index contributed by atoms with van der Waals surface area (Å²) in [5.41, 5.74) is 3.24. The van der Waals surface area contributed by atoms with Crippen molar-refractivity contribution in [2.24, 2.45) is 5.92 Å². The molecule has 0 unspecified atom stereocenters. The summed E-state index contributed by atoms with van der Waals surface area (Å²) < 4.78 is 46.2. The molecule has 2 N–H and O–H groups in total. The fourth-order valence-corrected chi connectivity index (χ4v) is 4.86. The van der Waals surface area contributed by atoms with Crippen LogP contribution in [0.15, 0.2) is 41.8 Å². The molecule has 0 radical (unpaired) electrons. The molecule has 0 bridgehead atoms. The number of carbonyl (C=O) groups is 1. The summed E-state index contributed by atoms with van der Waals surface area (Å²) in [7, 11) is 0. The highest BCUT2D eigenvalue weighted by Gasteiger charge is 2.31. The number of hydrogen-bond acceptors (Lipinski definition) is 4. The van der Waals surface area contributed by atoms with Crippen molar-refractivity contribution < 1.29 is 22.7 Å². The van der Waals surface area contributed by atoms with Gasteiger partial charge in [-0.1, -0.05) is 12.1 Å². The second kappa shape index (κ2) is 9.36. The minimum atomic E-state index is -4.77. The highest BCUT2D eigenvalue weighted by Crippen LogP contribution is 2.35. The minimum Gasteiger partial charge on any atom is -0.406 e. The first kappa shape index (κ1) is 22.4. The highest BCUT2D eigenvalue weighted by molar-refractivity contribution is 7.03. The molecule has 170 valence electrons. The molecule has 1 fully saturated rings. The highest BCUT2D eigenvalue weighted by atomic mass is 32.1. The van der Waals surface area contributed by atoms with Crippen LogP contribution < -0.4 is 10.1 Å². The van der Waals surface area contributed by atoms with Crippen LogP contribution in [0.1, 0.15) is 53.3 Å². The lowest BCUT2D eigenvalue weighted by atomic mass is 9.80. The van der Waals surface area contributed by atoms with Crippen LogP contribution in [0.25, 0.3) is 11.3 Å². The predicted molar refractivity (Wildman–Crippen MR) is 117 cm³/mol. The van der Waals surface area contributed by atoms with Crippen molar-refractivity contribution in [1.29, 1.82) is 0 Å². The third kappa shape index (κ3) is 5.51. The van der Waals surface area contributed by atoms with Gasteiger partial charge in [0.25, 0.3) is 5.91 Å². The number of nitrogens with zero attached hydrogens (tertiary/aromatic N) is 1. The van der Waals surface area contributed by atoms with E-state index in [0.717, 1.165) is 31.4 Å². The van der Waals surface area contributed by atoms with Crippen LogP contribution in [0.5, 0.6) is 5.75 Å². The molecule has 2 heterocycles. The van der Waals surface area contributed by atoms with Gasteiger partial charge in [0.2, 0.25) is 0 Å². The Labute approximate surface area is 188 Å². The molecule has 3 aromatic rings. The van der Waals surface area contributed by atoms with Gasteiger partial charge in [0, 0.05) is 29.1 Å². The average molecular weight is 464 g/mol. The van der Waals surface area contributed by atoms with Crippen LogP contribution in [0.3, 0.4) is 0 Å². The van der Waals surface area contributed by atoms with E-state index in [4.69, 9.17) is 0 Å². The Bertz CT molecular complexity index is 1050. The van der Waals surface area contributed by atoms with E-state index >= 15 is 0 Å². The number of amides is 1. The second-order valence-corrected chi connectivity index (χ2v) is 8.83. The summed E-state index contributed by atoms with van der Waals surface area (Å²) in [6.07, 6.45) is -0.602. The predicted octanol–water partition coefficient (Wildman–Crippen LogP) is 6.05. The maximum atomic E-state index is 12.9. The molecular formula is C23H24F3N3O2S. The summed E-state index contributed by atoms with van der Waals surface area (Å²) in [5, 5.41) is 5.01. The van der Waals surface area contributed by atoms with Gasteiger partial charge in [-0.3, -0.25) is 4.79 Å². The third-order valence-corrected chi connectivity index (χ3v) is 6.40. The lowest BCUT2D eigenvalue weighted by molar-refractivity contribution is -0.274. The van der Waals surface area contributed by atoms with Crippen molar-refractivity contribution in [1.82, 2.24) is 14.7 Å². The van der Waals surface area contributed by atoms with Crippen LogP contribution in [0, 0.1) is 12.8 Å². The molecule has 0 spiro atoms. The number of nitrogens with one attached hydrogen (secondary N) is 2. The van der Waals surface area contributed by atoms with E-state index in [1.165, 1.54) is 35.4 Å². The topological polar surface area (TPSA) is 67.0 Å². The molecule has 2 aromatic heterocycles. The molecule has 32 heavy (non-hydrogen) atoms. The van der Waals surface area contributed by atoms with Crippen molar-refractivity contribution in [3.05, 3.63) is 58.7 Å². The molecule has 9 heteroatoms. The van der Waals surface area contributed by atoms with Gasteiger partial charge in [0.1, 0.15) is 5.75 Å². The Balaban J connectivity index is 1.40. The monoisotopic (exact) mass is 463 g/mol. The van der Waals surface area contributed by atoms with Gasteiger partial charge in [-0.15, -0.1) is 13.2 Å². The number of carbonyl (C=O) groups excluding carboxylic acids is 1. The normalized spacial score (nSPS) is 19.0. The van der Waals surface area contributed by atoms with Crippen molar-refractivity contribution in [2.75, 3.05) is 6.54 Å². The summed E-state index contributed by atoms with van der Waals surface area (Å²) in [4.78, 5) is 16.0. The number of aromatic amines is 1. The smallest absolute Gasteiger partial charge is 0.406 e. The number of H-pyrrole nitrogens is 1. The van der Waals surface area contributed by atoms with Crippen molar-refractivity contribution in [2.45, 2.75) is 44.9 Å². The quantitative estimate of drug-likeness (QED) is 0.468. The van der Waals surface area contributed by atoms with Crippen LogP contribution in [0.2, 0.25) is 0 Å². The third-order valence-electron chi connectivity index (χ3n) is 5.83. The minimum absolute atomic E-state index is 0.242. The van der Waals surface area contributed by atoms with Gasteiger partial charge in [-0.25, -0.2) is 0 Å². The zero-order valence-electron chi connectivity index (χ0n) is 17.5. The summed E-state index contributed by atoms with van der Waals surface area (Å²) >= 11 is 1.48. The fraction of sp³-hybridized carbons (Fsp3) is 0.391. The number of alkyl halides is 3. The number of benzene rings is 1. The molecule has 0 atom stereocenters. The van der Waals surface area contributed by atoms with Gasteiger partial charge >= 0.3 is 6.36 Å². The molecule has 1 saturated carbocycles. The Kier molecular flexibility index (Phi) is 6.55. The van der Waals surface area contributed by atoms with Gasteiger partial charge in [0.05, 0.1) is 17.0 Å². The van der Waals surface area contributed by atoms with Gasteiger partial charge in [0.15, 0.2) is 0 Å². The first-order valence-corrected chi connectivity index (χ1v) is 11.4. The molecule has 1 aromatic carbocycles. The van der Waals surface area contributed by atoms with E-state index in [1.54, 1.807) is 19.1 Å². The van der Waals surface area contributed by atoms with Crippen LogP contribution in [-0.2, 0) is 0 Å². The maximum Gasteiger partial charge on any atom is 0.573 e. The number of rotatable bonds is 6. The van der Waals surface area contributed by atoms with E-state index in [2.05, 4.69) is 25.5 Å². The van der Waals surface area contributed by atoms with Crippen LogP contribution in [0.4, 0.5) is 13.2 Å². The Morgan fingerprint density at radius 1 is 1.22 bits per heavy atom. The largest absolute Gasteiger partial charge is 0.573 e. The summed E-state index contributed by atoms with van der Waals surface area (Å²) in [6.45, 7) is 2.37. The molecule has 5 nitrogen and oxygen atoms in total. The fourth-order valence-electron chi connectivity index (χ4n) is 4.27. The number of hydrogen-bond donors (Lipinski definition) is 2.